The molecular weight excluding hydrogens is 248 g/mol. The smallest absolute Gasteiger partial charge is 0.0526 e. The zero-order valence-electron chi connectivity index (χ0n) is 12.6. The summed E-state index contributed by atoms with van der Waals surface area (Å²) in [7, 11) is 2.08. The largest absolute Gasteiger partial charge is 0.381 e. The Bertz CT molecular complexity index is 448. The molecule has 110 valence electrons. The number of nitrogens with one attached hydrogen (secondary N) is 1. The predicted octanol–water partition coefficient (Wildman–Crippen LogP) is 2.45. The Morgan fingerprint density at radius 3 is 3.00 bits per heavy atom. The first-order valence-electron chi connectivity index (χ1n) is 7.89. The highest BCUT2D eigenvalue weighted by atomic mass is 16.5. The molecule has 3 unspecified atom stereocenters. The van der Waals surface area contributed by atoms with Crippen molar-refractivity contribution >= 4 is 5.69 Å². The summed E-state index contributed by atoms with van der Waals surface area (Å²) in [4.78, 5) is 2.60. The van der Waals surface area contributed by atoms with Crippen LogP contribution in [-0.4, -0.2) is 38.9 Å². The number of anilines is 1. The van der Waals surface area contributed by atoms with E-state index in [4.69, 9.17) is 4.74 Å². The van der Waals surface area contributed by atoms with Crippen LogP contribution in [0.15, 0.2) is 24.3 Å². The van der Waals surface area contributed by atoms with Crippen molar-refractivity contribution in [2.45, 2.75) is 38.3 Å². The van der Waals surface area contributed by atoms with Gasteiger partial charge in [0.15, 0.2) is 0 Å². The maximum absolute atomic E-state index is 5.71. The topological polar surface area (TPSA) is 24.5 Å². The number of nitrogens with zero attached hydrogens (tertiary/aromatic N) is 1. The van der Waals surface area contributed by atoms with Crippen LogP contribution in [0.3, 0.4) is 0 Å². The van der Waals surface area contributed by atoms with E-state index in [1.54, 1.807) is 0 Å². The van der Waals surface area contributed by atoms with Gasteiger partial charge in [0.2, 0.25) is 0 Å². The molecule has 3 rings (SSSR count). The van der Waals surface area contributed by atoms with Gasteiger partial charge in [-0.15, -0.1) is 0 Å². The molecule has 0 bridgehead atoms. The Hall–Kier alpha value is -1.06. The summed E-state index contributed by atoms with van der Waals surface area (Å²) in [6.07, 6.45) is 3.60. The first-order valence-corrected chi connectivity index (χ1v) is 7.89. The average Bonchev–Trinajstić information content (AvgIpc) is 2.50. The molecule has 0 saturated carbocycles. The van der Waals surface area contributed by atoms with Crippen LogP contribution in [-0.2, 0) is 11.2 Å². The zero-order chi connectivity index (χ0) is 13.9. The second-order valence-electron chi connectivity index (χ2n) is 6.19. The van der Waals surface area contributed by atoms with Crippen molar-refractivity contribution in [3.63, 3.8) is 0 Å². The van der Waals surface area contributed by atoms with Crippen molar-refractivity contribution in [3.8, 4) is 0 Å². The number of benzene rings is 1. The minimum absolute atomic E-state index is 0.586. The van der Waals surface area contributed by atoms with Crippen LogP contribution in [0.5, 0.6) is 0 Å². The number of fused-ring (bicyclic) bond motifs is 1. The summed E-state index contributed by atoms with van der Waals surface area (Å²) >= 11 is 0. The Morgan fingerprint density at radius 2 is 2.15 bits per heavy atom. The Labute approximate surface area is 122 Å². The Morgan fingerprint density at radius 1 is 1.30 bits per heavy atom. The fourth-order valence-electron chi connectivity index (χ4n) is 3.65. The lowest BCUT2D eigenvalue weighted by Crippen LogP contribution is -2.49. The molecule has 3 nitrogen and oxygen atoms in total. The Kier molecular flexibility index (Phi) is 4.27. The summed E-state index contributed by atoms with van der Waals surface area (Å²) < 4.78 is 5.71. The van der Waals surface area contributed by atoms with Crippen molar-refractivity contribution < 1.29 is 4.74 Å². The highest BCUT2D eigenvalue weighted by molar-refractivity contribution is 5.56. The molecule has 0 radical (unpaired) electrons. The van der Waals surface area contributed by atoms with Gasteiger partial charge in [-0.3, -0.25) is 0 Å². The van der Waals surface area contributed by atoms with Crippen molar-refractivity contribution in [3.05, 3.63) is 29.8 Å². The molecule has 3 atom stereocenters. The van der Waals surface area contributed by atoms with E-state index in [2.05, 4.69) is 48.5 Å². The van der Waals surface area contributed by atoms with Crippen LogP contribution >= 0.6 is 0 Å². The molecular formula is C17H26N2O. The highest BCUT2D eigenvalue weighted by Gasteiger charge is 2.30. The van der Waals surface area contributed by atoms with Crippen LogP contribution in [0.1, 0.15) is 25.3 Å². The van der Waals surface area contributed by atoms with Crippen LogP contribution in [0.25, 0.3) is 0 Å². The van der Waals surface area contributed by atoms with E-state index in [0.29, 0.717) is 18.0 Å². The third kappa shape index (κ3) is 2.70. The lowest BCUT2D eigenvalue weighted by Gasteiger charge is -2.42. The van der Waals surface area contributed by atoms with E-state index >= 15 is 0 Å². The third-order valence-corrected chi connectivity index (χ3v) is 4.94. The van der Waals surface area contributed by atoms with E-state index in [1.165, 1.54) is 24.1 Å². The summed E-state index contributed by atoms with van der Waals surface area (Å²) in [5, 5.41) is 3.48. The molecule has 1 N–H and O–H groups in total. The SMILES string of the molecule is CNC1CCOCC1CN1c2ccccc2CCC1C. The third-order valence-electron chi connectivity index (χ3n) is 4.94. The lowest BCUT2D eigenvalue weighted by molar-refractivity contribution is 0.0360. The fraction of sp³-hybridized carbons (Fsp3) is 0.647. The second-order valence-corrected chi connectivity index (χ2v) is 6.19. The number of ether oxygens (including phenoxy) is 1. The van der Waals surface area contributed by atoms with E-state index < -0.39 is 0 Å². The average molecular weight is 274 g/mol. The van der Waals surface area contributed by atoms with Gasteiger partial charge >= 0.3 is 0 Å². The molecule has 0 spiro atoms. The minimum atomic E-state index is 0.586. The molecule has 1 saturated heterocycles. The van der Waals surface area contributed by atoms with Gasteiger partial charge in [-0.25, -0.2) is 0 Å². The first kappa shape index (κ1) is 13.9. The van der Waals surface area contributed by atoms with Crippen molar-refractivity contribution in [1.29, 1.82) is 0 Å². The minimum Gasteiger partial charge on any atom is -0.381 e. The summed E-state index contributed by atoms with van der Waals surface area (Å²) in [6.45, 7) is 5.24. The van der Waals surface area contributed by atoms with Gasteiger partial charge in [0.1, 0.15) is 0 Å². The molecule has 2 aliphatic rings. The van der Waals surface area contributed by atoms with Gasteiger partial charge in [-0.1, -0.05) is 18.2 Å². The van der Waals surface area contributed by atoms with Crippen molar-refractivity contribution in [2.75, 3.05) is 31.7 Å². The number of aryl methyl sites for hydroxylation is 1. The van der Waals surface area contributed by atoms with Gasteiger partial charge in [0.25, 0.3) is 0 Å². The highest BCUT2D eigenvalue weighted by Crippen LogP contribution is 2.32. The summed E-state index contributed by atoms with van der Waals surface area (Å²) in [6, 6.07) is 10.1. The first-order chi connectivity index (χ1) is 9.79. The molecule has 2 heterocycles. The molecule has 1 aromatic rings. The molecule has 1 aromatic carbocycles. The van der Waals surface area contributed by atoms with Crippen LogP contribution < -0.4 is 10.2 Å². The monoisotopic (exact) mass is 274 g/mol. The predicted molar refractivity (Wildman–Crippen MR) is 83.3 cm³/mol. The van der Waals surface area contributed by atoms with Gasteiger partial charge in [0.05, 0.1) is 6.61 Å². The van der Waals surface area contributed by atoms with Crippen LogP contribution in [0.2, 0.25) is 0 Å². The molecule has 0 aromatic heterocycles. The standard InChI is InChI=1S/C17H26N2O/c1-13-7-8-14-5-3-4-6-17(14)19(13)11-15-12-20-10-9-16(15)18-2/h3-6,13,15-16,18H,7-12H2,1-2H3. The summed E-state index contributed by atoms with van der Waals surface area (Å²) in [5.41, 5.74) is 2.94. The molecule has 3 heteroatoms. The summed E-state index contributed by atoms with van der Waals surface area (Å²) in [5.74, 6) is 0.586. The van der Waals surface area contributed by atoms with E-state index in [-0.39, 0.29) is 0 Å². The van der Waals surface area contributed by atoms with Crippen LogP contribution in [0, 0.1) is 5.92 Å². The van der Waals surface area contributed by atoms with E-state index in [1.807, 2.05) is 0 Å². The lowest BCUT2D eigenvalue weighted by atomic mass is 9.91. The quantitative estimate of drug-likeness (QED) is 0.916. The number of rotatable bonds is 3. The molecule has 0 aliphatic carbocycles. The number of hydrogen-bond acceptors (Lipinski definition) is 3. The van der Waals surface area contributed by atoms with Gasteiger partial charge in [0, 0.05) is 36.8 Å². The molecule has 2 aliphatic heterocycles. The van der Waals surface area contributed by atoms with Crippen molar-refractivity contribution in [1.82, 2.24) is 5.32 Å². The van der Waals surface area contributed by atoms with Gasteiger partial charge in [-0.2, -0.15) is 0 Å². The Balaban J connectivity index is 1.78. The number of para-hydroxylation sites is 1. The van der Waals surface area contributed by atoms with Crippen LogP contribution in [0.4, 0.5) is 5.69 Å². The van der Waals surface area contributed by atoms with Gasteiger partial charge in [-0.05, 0) is 44.9 Å². The molecule has 1 fully saturated rings. The fourth-order valence-corrected chi connectivity index (χ4v) is 3.65. The second kappa shape index (κ2) is 6.15. The number of hydrogen-bond donors (Lipinski definition) is 1. The normalized spacial score (nSPS) is 30.1. The van der Waals surface area contributed by atoms with E-state index in [0.717, 1.165) is 26.2 Å². The van der Waals surface area contributed by atoms with E-state index in [9.17, 15) is 0 Å². The maximum Gasteiger partial charge on any atom is 0.0526 e. The molecule has 20 heavy (non-hydrogen) atoms. The van der Waals surface area contributed by atoms with Gasteiger partial charge < -0.3 is 15.0 Å². The zero-order valence-corrected chi connectivity index (χ0v) is 12.6. The molecule has 0 amide bonds. The maximum atomic E-state index is 5.71. The van der Waals surface area contributed by atoms with Crippen molar-refractivity contribution in [2.24, 2.45) is 5.92 Å².